The maximum Gasteiger partial charge on any atom is 0.271 e. The first-order chi connectivity index (χ1) is 15.2. The Morgan fingerprint density at radius 2 is 1.74 bits per heavy atom. The van der Waals surface area contributed by atoms with Gasteiger partial charge in [-0.1, -0.05) is 65.0 Å². The van der Waals surface area contributed by atoms with Gasteiger partial charge in [0.15, 0.2) is 5.17 Å². The van der Waals surface area contributed by atoms with E-state index in [1.165, 1.54) is 11.8 Å². The molecule has 1 amide bonds. The highest BCUT2D eigenvalue weighted by molar-refractivity contribution is 9.10. The first kappa shape index (κ1) is 21.2. The van der Waals surface area contributed by atoms with Crippen LogP contribution in [0.1, 0.15) is 5.56 Å². The second-order valence-electron chi connectivity index (χ2n) is 6.60. The molecular formula is C25H19BrN2O2S. The average molecular weight is 491 g/mol. The normalized spacial score (nSPS) is 16.2. The lowest BCUT2D eigenvalue weighted by Gasteiger charge is -2.15. The van der Waals surface area contributed by atoms with Gasteiger partial charge in [0.2, 0.25) is 0 Å². The molecule has 4 rings (SSSR count). The van der Waals surface area contributed by atoms with Gasteiger partial charge >= 0.3 is 0 Å². The number of hydrogen-bond acceptors (Lipinski definition) is 4. The Labute approximate surface area is 194 Å². The predicted molar refractivity (Wildman–Crippen MR) is 133 cm³/mol. The number of anilines is 1. The zero-order valence-corrected chi connectivity index (χ0v) is 19.0. The van der Waals surface area contributed by atoms with E-state index < -0.39 is 0 Å². The minimum atomic E-state index is -0.125. The lowest BCUT2D eigenvalue weighted by atomic mass is 10.2. The average Bonchev–Trinajstić information content (AvgIpc) is 3.09. The van der Waals surface area contributed by atoms with E-state index in [0.717, 1.165) is 21.4 Å². The molecule has 0 bridgehead atoms. The fourth-order valence-corrected chi connectivity index (χ4v) is 4.39. The Kier molecular flexibility index (Phi) is 6.70. The monoisotopic (exact) mass is 490 g/mol. The van der Waals surface area contributed by atoms with Crippen LogP contribution in [0.3, 0.4) is 0 Å². The van der Waals surface area contributed by atoms with Crippen LogP contribution in [-0.2, 0) is 4.79 Å². The highest BCUT2D eigenvalue weighted by atomic mass is 79.9. The minimum Gasteiger partial charge on any atom is -0.489 e. The van der Waals surface area contributed by atoms with Crippen molar-refractivity contribution in [3.05, 3.63) is 106 Å². The zero-order valence-electron chi connectivity index (χ0n) is 16.6. The number of halogens is 1. The summed E-state index contributed by atoms with van der Waals surface area (Å²) < 4.78 is 6.67. The molecular weight excluding hydrogens is 472 g/mol. The van der Waals surface area contributed by atoms with E-state index in [1.54, 1.807) is 11.0 Å². The molecule has 1 aliphatic rings. The molecule has 31 heavy (non-hydrogen) atoms. The minimum absolute atomic E-state index is 0.125. The number of carbonyl (C=O) groups excluding carboxylic acids is 1. The van der Waals surface area contributed by atoms with Crippen molar-refractivity contribution < 1.29 is 9.53 Å². The van der Waals surface area contributed by atoms with Gasteiger partial charge < -0.3 is 4.74 Å². The summed E-state index contributed by atoms with van der Waals surface area (Å²) in [4.78, 5) is 20.4. The van der Waals surface area contributed by atoms with Crippen molar-refractivity contribution in [2.45, 2.75) is 0 Å². The third-order valence-electron chi connectivity index (χ3n) is 4.42. The van der Waals surface area contributed by atoms with Gasteiger partial charge in [-0.05, 0) is 60.3 Å². The van der Waals surface area contributed by atoms with Crippen LogP contribution in [0.2, 0.25) is 0 Å². The summed E-state index contributed by atoms with van der Waals surface area (Å²) in [5.41, 5.74) is 2.37. The highest BCUT2D eigenvalue weighted by Crippen LogP contribution is 2.38. The number of hydrogen-bond donors (Lipinski definition) is 0. The Balaban J connectivity index is 1.77. The van der Waals surface area contributed by atoms with E-state index >= 15 is 0 Å². The summed E-state index contributed by atoms with van der Waals surface area (Å²) in [5, 5.41) is 0.609. The molecule has 1 saturated heterocycles. The first-order valence-electron chi connectivity index (χ1n) is 9.62. The Morgan fingerprint density at radius 1 is 1.03 bits per heavy atom. The van der Waals surface area contributed by atoms with Gasteiger partial charge in [-0.3, -0.25) is 9.69 Å². The van der Waals surface area contributed by atoms with E-state index in [-0.39, 0.29) is 5.91 Å². The number of para-hydroxylation sites is 2. The van der Waals surface area contributed by atoms with E-state index in [0.29, 0.717) is 22.4 Å². The number of amidine groups is 1. The molecule has 0 saturated carbocycles. The SMILES string of the molecule is C=CCOc1ccc(Br)cc1/C=C1\SC(=Nc2ccccc2)N(c2ccccc2)C1=O. The van der Waals surface area contributed by atoms with Crippen LogP contribution in [0.5, 0.6) is 5.75 Å². The first-order valence-corrected chi connectivity index (χ1v) is 11.2. The largest absolute Gasteiger partial charge is 0.489 e. The van der Waals surface area contributed by atoms with Crippen molar-refractivity contribution in [3.8, 4) is 5.75 Å². The molecule has 0 spiro atoms. The number of amides is 1. The quantitative estimate of drug-likeness (QED) is 0.281. The smallest absolute Gasteiger partial charge is 0.271 e. The van der Waals surface area contributed by atoms with Crippen LogP contribution in [0.15, 0.2) is 106 Å². The van der Waals surface area contributed by atoms with Gasteiger partial charge in [0.25, 0.3) is 5.91 Å². The van der Waals surface area contributed by atoms with Crippen LogP contribution >= 0.6 is 27.7 Å². The summed E-state index contributed by atoms with van der Waals surface area (Å²) in [5.74, 6) is 0.559. The van der Waals surface area contributed by atoms with Crippen molar-refractivity contribution in [3.63, 3.8) is 0 Å². The molecule has 0 atom stereocenters. The summed E-state index contributed by atoms with van der Waals surface area (Å²) in [7, 11) is 0. The van der Waals surface area contributed by atoms with Crippen LogP contribution in [-0.4, -0.2) is 17.7 Å². The number of thioether (sulfide) groups is 1. The summed E-state index contributed by atoms with van der Waals surface area (Å²) in [6.07, 6.45) is 3.54. The standard InChI is InChI=1S/C25H19BrN2O2S/c1-2-15-30-22-14-13-19(26)16-18(22)17-23-24(29)28(21-11-7-4-8-12-21)25(31-23)27-20-9-5-3-6-10-20/h2-14,16-17H,1,15H2/b23-17-,27-25?. The van der Waals surface area contributed by atoms with E-state index in [1.807, 2.05) is 84.9 Å². The molecule has 154 valence electrons. The van der Waals surface area contributed by atoms with Crippen LogP contribution in [0, 0.1) is 0 Å². The third-order valence-corrected chi connectivity index (χ3v) is 5.88. The van der Waals surface area contributed by atoms with Crippen molar-refractivity contribution in [2.24, 2.45) is 4.99 Å². The molecule has 1 fully saturated rings. The van der Waals surface area contributed by atoms with E-state index in [2.05, 4.69) is 22.5 Å². The van der Waals surface area contributed by atoms with Gasteiger partial charge in [0, 0.05) is 10.0 Å². The number of nitrogens with zero attached hydrogens (tertiary/aromatic N) is 2. The number of benzene rings is 3. The lowest BCUT2D eigenvalue weighted by Crippen LogP contribution is -2.28. The van der Waals surface area contributed by atoms with Crippen LogP contribution < -0.4 is 9.64 Å². The molecule has 0 unspecified atom stereocenters. The topological polar surface area (TPSA) is 41.9 Å². The second kappa shape index (κ2) is 9.81. The van der Waals surface area contributed by atoms with Crippen molar-refractivity contribution in [1.82, 2.24) is 0 Å². The van der Waals surface area contributed by atoms with Gasteiger partial charge in [-0.15, -0.1) is 0 Å². The van der Waals surface area contributed by atoms with E-state index in [9.17, 15) is 4.79 Å². The van der Waals surface area contributed by atoms with E-state index in [4.69, 9.17) is 9.73 Å². The fourth-order valence-electron chi connectivity index (χ4n) is 3.02. The highest BCUT2D eigenvalue weighted by Gasteiger charge is 2.34. The van der Waals surface area contributed by atoms with Gasteiger partial charge in [0.1, 0.15) is 12.4 Å². The summed E-state index contributed by atoms with van der Waals surface area (Å²) in [6, 6.07) is 24.9. The molecule has 6 heteroatoms. The van der Waals surface area contributed by atoms with Crippen LogP contribution in [0.25, 0.3) is 6.08 Å². The van der Waals surface area contributed by atoms with Gasteiger partial charge in [-0.25, -0.2) is 4.99 Å². The molecule has 3 aromatic carbocycles. The Morgan fingerprint density at radius 3 is 2.45 bits per heavy atom. The molecule has 1 aliphatic heterocycles. The molecule has 1 heterocycles. The molecule has 0 aliphatic carbocycles. The summed E-state index contributed by atoms with van der Waals surface area (Å²) in [6.45, 7) is 4.09. The molecule has 4 nitrogen and oxygen atoms in total. The van der Waals surface area contributed by atoms with Gasteiger partial charge in [-0.2, -0.15) is 0 Å². The Bertz CT molecular complexity index is 1160. The fraction of sp³-hybridized carbons (Fsp3) is 0.0400. The Hall–Kier alpha value is -3.09. The summed E-state index contributed by atoms with van der Waals surface area (Å²) >= 11 is 4.85. The second-order valence-corrected chi connectivity index (χ2v) is 8.52. The number of aliphatic imine (C=N–C) groups is 1. The molecule has 0 aromatic heterocycles. The van der Waals surface area contributed by atoms with Crippen molar-refractivity contribution in [2.75, 3.05) is 11.5 Å². The predicted octanol–water partition coefficient (Wildman–Crippen LogP) is 6.82. The lowest BCUT2D eigenvalue weighted by molar-refractivity contribution is -0.113. The van der Waals surface area contributed by atoms with Crippen molar-refractivity contribution >= 4 is 56.2 Å². The van der Waals surface area contributed by atoms with Crippen molar-refractivity contribution in [1.29, 1.82) is 0 Å². The van der Waals surface area contributed by atoms with Crippen LogP contribution in [0.4, 0.5) is 11.4 Å². The molecule has 0 N–H and O–H groups in total. The number of rotatable bonds is 6. The molecule has 3 aromatic rings. The zero-order chi connectivity index (χ0) is 21.6. The van der Waals surface area contributed by atoms with Gasteiger partial charge in [0.05, 0.1) is 16.3 Å². The maximum atomic E-state index is 13.4. The maximum absolute atomic E-state index is 13.4. The number of carbonyl (C=O) groups is 1. The number of ether oxygens (including phenoxy) is 1. The molecule has 0 radical (unpaired) electrons. The third kappa shape index (κ3) is 4.98.